The lowest BCUT2D eigenvalue weighted by molar-refractivity contribution is -0.870. The van der Waals surface area contributed by atoms with Crippen LogP contribution in [0.2, 0.25) is 0 Å². The molecule has 3 unspecified atom stereocenters. The fourth-order valence-electron chi connectivity index (χ4n) is 9.01. The first-order chi connectivity index (χ1) is 37.9. The van der Waals surface area contributed by atoms with Crippen molar-refractivity contribution in [1.82, 2.24) is 5.32 Å². The minimum absolute atomic E-state index is 0.0294. The van der Waals surface area contributed by atoms with Crippen LogP contribution in [0.1, 0.15) is 284 Å². The van der Waals surface area contributed by atoms with Gasteiger partial charge in [0.2, 0.25) is 5.91 Å². The molecule has 0 fully saturated rings. The number of esters is 1. The summed E-state index contributed by atoms with van der Waals surface area (Å²) >= 11 is 0. The van der Waals surface area contributed by atoms with Crippen LogP contribution in [-0.2, 0) is 27.9 Å². The fraction of sp³-hybridized carbons (Fsp3) is 0.765. The topological polar surface area (TPSA) is 114 Å². The van der Waals surface area contributed by atoms with Gasteiger partial charge in [0.1, 0.15) is 19.3 Å². The summed E-state index contributed by atoms with van der Waals surface area (Å²) in [6.07, 6.45) is 75.4. The van der Waals surface area contributed by atoms with Gasteiger partial charge in [-0.2, -0.15) is 0 Å². The van der Waals surface area contributed by atoms with Crippen LogP contribution in [0.15, 0.2) is 85.1 Å². The van der Waals surface area contributed by atoms with Crippen molar-refractivity contribution in [2.75, 3.05) is 40.9 Å². The Kier molecular flexibility index (Phi) is 55.4. The largest absolute Gasteiger partial charge is 0.756 e. The zero-order valence-electron chi connectivity index (χ0n) is 51.6. The summed E-state index contributed by atoms with van der Waals surface area (Å²) in [4.78, 5) is 40.1. The second kappa shape index (κ2) is 57.4. The summed E-state index contributed by atoms with van der Waals surface area (Å²) in [6.45, 7) is 6.78. The van der Waals surface area contributed by atoms with E-state index < -0.39 is 26.6 Å². The van der Waals surface area contributed by atoms with Crippen LogP contribution in [-0.4, -0.2) is 69.4 Å². The molecule has 0 aliphatic carbocycles. The van der Waals surface area contributed by atoms with Crippen LogP contribution in [0.25, 0.3) is 0 Å². The predicted octanol–water partition coefficient (Wildman–Crippen LogP) is 19.5. The normalized spacial score (nSPS) is 14.2. The molecule has 0 aromatic carbocycles. The Morgan fingerprint density at radius 1 is 0.449 bits per heavy atom. The van der Waals surface area contributed by atoms with Gasteiger partial charge in [0.25, 0.3) is 7.82 Å². The predicted molar refractivity (Wildman–Crippen MR) is 335 cm³/mol. The maximum atomic E-state index is 13.6. The highest BCUT2D eigenvalue weighted by Gasteiger charge is 2.27. The van der Waals surface area contributed by atoms with Crippen molar-refractivity contribution in [2.45, 2.75) is 296 Å². The van der Waals surface area contributed by atoms with E-state index in [1.54, 1.807) is 0 Å². The molecule has 0 aliphatic rings. The van der Waals surface area contributed by atoms with E-state index in [1.165, 1.54) is 135 Å². The zero-order chi connectivity index (χ0) is 57.2. The summed E-state index contributed by atoms with van der Waals surface area (Å²) in [5.74, 6) is -0.563. The lowest BCUT2D eigenvalue weighted by Crippen LogP contribution is -2.47. The van der Waals surface area contributed by atoms with Crippen molar-refractivity contribution in [2.24, 2.45) is 0 Å². The molecule has 0 heterocycles. The van der Waals surface area contributed by atoms with Gasteiger partial charge in [0.05, 0.1) is 33.8 Å². The van der Waals surface area contributed by atoms with Crippen LogP contribution in [0.4, 0.5) is 0 Å². The van der Waals surface area contributed by atoms with Crippen LogP contribution >= 0.6 is 7.82 Å². The van der Waals surface area contributed by atoms with E-state index in [2.05, 4.69) is 99.0 Å². The van der Waals surface area contributed by atoms with E-state index in [4.69, 9.17) is 13.8 Å². The Morgan fingerprint density at radius 2 is 0.782 bits per heavy atom. The molecule has 0 radical (unpaired) electrons. The Hall–Kier alpha value is -2.81. The molecule has 0 saturated heterocycles. The van der Waals surface area contributed by atoms with Gasteiger partial charge < -0.3 is 28.5 Å². The summed E-state index contributed by atoms with van der Waals surface area (Å²) in [5.41, 5.74) is 0. The van der Waals surface area contributed by atoms with E-state index >= 15 is 0 Å². The van der Waals surface area contributed by atoms with Gasteiger partial charge in [-0.3, -0.25) is 14.2 Å². The molecule has 1 amide bonds. The molecule has 0 bridgehead atoms. The van der Waals surface area contributed by atoms with E-state index in [1.807, 2.05) is 33.3 Å². The van der Waals surface area contributed by atoms with Crippen LogP contribution in [0, 0.1) is 0 Å². The Bertz CT molecular complexity index is 1610. The van der Waals surface area contributed by atoms with Gasteiger partial charge in [-0.25, -0.2) is 0 Å². The quantitative estimate of drug-likeness (QED) is 0.0212. The van der Waals surface area contributed by atoms with Gasteiger partial charge in [0.15, 0.2) is 0 Å². The standard InChI is InChI=1S/C68H123N2O7P/c1-7-10-13-16-19-22-25-28-30-32-34-35-37-38-40-42-45-48-51-54-57-60-67(71)69-65(64-76-78(73,74)75-63-62-70(4,5)6)66(59-56-53-50-47-44-27-24-21-18-15-12-9-3)77-68(72)61-58-55-52-49-46-43-41-39-36-33-31-29-26-23-20-17-14-11-8-2/h19-20,22-23,28-31,34-36,39,56,59,65-66H,7-18,21,24-27,32-33,37-38,40-55,57-58,60-64H2,1-6H3,(H-,69,71,73,74)/b22-19-,23-20-,30-28-,31-29-,35-34-,39-36-,59-56+. The molecule has 0 rings (SSSR count). The number of nitrogens with one attached hydrogen (secondary N) is 1. The minimum Gasteiger partial charge on any atom is -0.756 e. The summed E-state index contributed by atoms with van der Waals surface area (Å²) in [6, 6.07) is -0.902. The monoisotopic (exact) mass is 1110 g/mol. The van der Waals surface area contributed by atoms with Crippen molar-refractivity contribution < 1.29 is 37.3 Å². The highest BCUT2D eigenvalue weighted by molar-refractivity contribution is 7.45. The van der Waals surface area contributed by atoms with Crippen molar-refractivity contribution in [3.8, 4) is 0 Å². The van der Waals surface area contributed by atoms with E-state index in [0.717, 1.165) is 109 Å². The first-order valence-corrected chi connectivity index (χ1v) is 33.9. The number of carbonyl (C=O) groups excluding carboxylic acids is 2. The van der Waals surface area contributed by atoms with E-state index in [0.29, 0.717) is 23.9 Å². The number of carbonyl (C=O) groups is 2. The molecule has 452 valence electrons. The second-order valence-electron chi connectivity index (χ2n) is 22.9. The first-order valence-electron chi connectivity index (χ1n) is 32.4. The Morgan fingerprint density at radius 3 is 1.19 bits per heavy atom. The molecule has 1 N–H and O–H groups in total. The smallest absolute Gasteiger partial charge is 0.306 e. The number of allylic oxidation sites excluding steroid dienone is 13. The fourth-order valence-corrected chi connectivity index (χ4v) is 9.73. The molecule has 78 heavy (non-hydrogen) atoms. The Balaban J connectivity index is 5.25. The number of hydrogen-bond donors (Lipinski definition) is 1. The average Bonchev–Trinajstić information content (AvgIpc) is 3.40. The zero-order valence-corrected chi connectivity index (χ0v) is 52.5. The van der Waals surface area contributed by atoms with Gasteiger partial charge in [-0.05, 0) is 109 Å². The lowest BCUT2D eigenvalue weighted by Gasteiger charge is -2.30. The molecule has 3 atom stereocenters. The second-order valence-corrected chi connectivity index (χ2v) is 24.3. The van der Waals surface area contributed by atoms with Crippen molar-refractivity contribution in [3.63, 3.8) is 0 Å². The minimum atomic E-state index is -4.71. The van der Waals surface area contributed by atoms with Gasteiger partial charge in [-0.15, -0.1) is 0 Å². The number of phosphoric acid groups is 1. The van der Waals surface area contributed by atoms with Crippen LogP contribution in [0.5, 0.6) is 0 Å². The van der Waals surface area contributed by atoms with Crippen molar-refractivity contribution in [1.29, 1.82) is 0 Å². The molecular formula is C68H123N2O7P. The molecular weight excluding hydrogens is 988 g/mol. The summed E-state index contributed by atoms with van der Waals surface area (Å²) in [5, 5.41) is 3.03. The van der Waals surface area contributed by atoms with Gasteiger partial charge in [-0.1, -0.05) is 247 Å². The number of unbranched alkanes of at least 4 members (excludes halogenated alkanes) is 30. The number of likely N-dealkylation sites (N-methyl/N-ethyl adjacent to an activating group) is 1. The summed E-state index contributed by atoms with van der Waals surface area (Å²) in [7, 11) is 1.17. The third kappa shape index (κ3) is 57.9. The maximum absolute atomic E-state index is 13.6. The number of amides is 1. The lowest BCUT2D eigenvalue weighted by atomic mass is 10.0. The molecule has 0 aromatic rings. The molecule has 9 nitrogen and oxygen atoms in total. The van der Waals surface area contributed by atoms with Crippen molar-refractivity contribution in [3.05, 3.63) is 85.1 Å². The number of quaternary nitrogens is 1. The van der Waals surface area contributed by atoms with E-state index in [-0.39, 0.29) is 24.9 Å². The highest BCUT2D eigenvalue weighted by Crippen LogP contribution is 2.38. The van der Waals surface area contributed by atoms with Crippen molar-refractivity contribution >= 4 is 19.7 Å². The third-order valence-electron chi connectivity index (χ3n) is 14.0. The van der Waals surface area contributed by atoms with Crippen LogP contribution in [0.3, 0.4) is 0 Å². The first kappa shape index (κ1) is 75.2. The average molecular weight is 1110 g/mol. The van der Waals surface area contributed by atoms with Crippen LogP contribution < -0.4 is 10.2 Å². The number of rotatable bonds is 58. The maximum Gasteiger partial charge on any atom is 0.306 e. The molecule has 0 saturated carbocycles. The molecule has 0 aliphatic heterocycles. The number of phosphoric ester groups is 1. The van der Waals surface area contributed by atoms with E-state index in [9.17, 15) is 19.0 Å². The third-order valence-corrected chi connectivity index (χ3v) is 15.0. The summed E-state index contributed by atoms with van der Waals surface area (Å²) < 4.78 is 30.3. The molecule has 0 spiro atoms. The Labute approximate surface area is 482 Å². The van der Waals surface area contributed by atoms with Gasteiger partial charge in [0, 0.05) is 12.8 Å². The number of hydrogen-bond acceptors (Lipinski definition) is 7. The SMILES string of the molecule is CCCCC/C=C\C/C=C\C/C=C\CCCCCCCCCCC(=O)NC(COP(=O)([O-])OCC[N+](C)(C)C)C(/C=C/CCCCCCCCCCCC)OC(=O)CCCCCCCC/C=C\C/C=C\C/C=C\CCCCC. The molecule has 0 aromatic heterocycles. The van der Waals surface area contributed by atoms with Gasteiger partial charge >= 0.3 is 5.97 Å². The number of ether oxygens (including phenoxy) is 1. The highest BCUT2D eigenvalue weighted by atomic mass is 31.2. The molecule has 10 heteroatoms. The number of nitrogens with zero attached hydrogens (tertiary/aromatic N) is 1.